The van der Waals surface area contributed by atoms with E-state index in [1.54, 1.807) is 13.3 Å². The molecule has 0 unspecified atom stereocenters. The fraction of sp³-hybridized carbons (Fsp3) is 0.200. The van der Waals surface area contributed by atoms with Gasteiger partial charge in [-0.2, -0.15) is 4.98 Å². The van der Waals surface area contributed by atoms with Gasteiger partial charge in [-0.3, -0.25) is 0 Å². The number of hydrogen-bond donors (Lipinski definition) is 2. The van der Waals surface area contributed by atoms with Gasteiger partial charge in [0.15, 0.2) is 0 Å². The SMILES string of the molecule is COc1ccccc1CCNc1ccnc(NCc2ccccc2Cl)n1. The Morgan fingerprint density at radius 3 is 2.54 bits per heavy atom. The number of benzene rings is 2. The van der Waals surface area contributed by atoms with Crippen LogP contribution in [0.4, 0.5) is 11.8 Å². The number of rotatable bonds is 8. The molecule has 0 aliphatic heterocycles. The molecule has 0 saturated heterocycles. The molecule has 0 saturated carbocycles. The van der Waals surface area contributed by atoms with Crippen LogP contribution in [-0.2, 0) is 13.0 Å². The molecule has 0 spiro atoms. The zero-order chi connectivity index (χ0) is 18.2. The Morgan fingerprint density at radius 1 is 0.962 bits per heavy atom. The van der Waals surface area contributed by atoms with Crippen LogP contribution >= 0.6 is 11.6 Å². The molecule has 6 heteroatoms. The third kappa shape index (κ3) is 4.86. The fourth-order valence-electron chi connectivity index (χ4n) is 2.59. The van der Waals surface area contributed by atoms with E-state index in [2.05, 4.69) is 26.7 Å². The maximum atomic E-state index is 6.17. The minimum atomic E-state index is 0.562. The summed E-state index contributed by atoms with van der Waals surface area (Å²) in [7, 11) is 1.69. The van der Waals surface area contributed by atoms with Crippen molar-refractivity contribution >= 4 is 23.4 Å². The topological polar surface area (TPSA) is 59.1 Å². The first kappa shape index (κ1) is 18.0. The molecule has 26 heavy (non-hydrogen) atoms. The van der Waals surface area contributed by atoms with Crippen molar-refractivity contribution in [2.75, 3.05) is 24.3 Å². The van der Waals surface area contributed by atoms with Crippen LogP contribution in [0.1, 0.15) is 11.1 Å². The summed E-state index contributed by atoms with van der Waals surface area (Å²) in [6.07, 6.45) is 2.57. The van der Waals surface area contributed by atoms with Crippen molar-refractivity contribution in [2.24, 2.45) is 0 Å². The highest BCUT2D eigenvalue weighted by Crippen LogP contribution is 2.18. The maximum absolute atomic E-state index is 6.17. The molecule has 2 aromatic carbocycles. The van der Waals surface area contributed by atoms with E-state index in [4.69, 9.17) is 16.3 Å². The second kappa shape index (κ2) is 9.06. The number of nitrogens with one attached hydrogen (secondary N) is 2. The predicted octanol–water partition coefficient (Wildman–Crippen LogP) is 4.41. The first-order valence-electron chi connectivity index (χ1n) is 8.42. The number of hydrogen-bond acceptors (Lipinski definition) is 5. The molecule has 0 bridgehead atoms. The van der Waals surface area contributed by atoms with Crippen molar-refractivity contribution in [1.82, 2.24) is 9.97 Å². The molecule has 0 radical (unpaired) electrons. The summed E-state index contributed by atoms with van der Waals surface area (Å²) in [5.74, 6) is 2.24. The molecule has 3 rings (SSSR count). The molecule has 0 atom stereocenters. The molecule has 2 N–H and O–H groups in total. The monoisotopic (exact) mass is 368 g/mol. The van der Waals surface area contributed by atoms with Gasteiger partial charge >= 0.3 is 0 Å². The van der Waals surface area contributed by atoms with Crippen LogP contribution in [0.2, 0.25) is 5.02 Å². The fourth-order valence-corrected chi connectivity index (χ4v) is 2.80. The average molecular weight is 369 g/mol. The number of nitrogens with zero attached hydrogens (tertiary/aromatic N) is 2. The summed E-state index contributed by atoms with van der Waals surface area (Å²) in [5.41, 5.74) is 2.17. The minimum absolute atomic E-state index is 0.562. The summed E-state index contributed by atoms with van der Waals surface area (Å²) in [6, 6.07) is 17.6. The highest BCUT2D eigenvalue weighted by molar-refractivity contribution is 6.31. The summed E-state index contributed by atoms with van der Waals surface area (Å²) < 4.78 is 5.38. The van der Waals surface area contributed by atoms with Gasteiger partial charge in [0.25, 0.3) is 0 Å². The lowest BCUT2D eigenvalue weighted by molar-refractivity contribution is 0.410. The van der Waals surface area contributed by atoms with Gasteiger partial charge < -0.3 is 15.4 Å². The summed E-state index contributed by atoms with van der Waals surface area (Å²) in [4.78, 5) is 8.74. The number of methoxy groups -OCH3 is 1. The molecule has 5 nitrogen and oxygen atoms in total. The van der Waals surface area contributed by atoms with Crippen molar-refractivity contribution in [3.63, 3.8) is 0 Å². The third-order valence-electron chi connectivity index (χ3n) is 3.94. The van der Waals surface area contributed by atoms with Crippen LogP contribution in [0, 0.1) is 0 Å². The molecule has 0 fully saturated rings. The highest BCUT2D eigenvalue weighted by Gasteiger charge is 2.04. The van der Waals surface area contributed by atoms with E-state index >= 15 is 0 Å². The molecule has 3 aromatic rings. The standard InChI is InChI=1S/C20H21ClN4O/c1-26-18-9-5-3-6-15(18)10-12-22-19-11-13-23-20(25-19)24-14-16-7-2-4-8-17(16)21/h2-9,11,13H,10,12,14H2,1H3,(H2,22,23,24,25). The summed E-state index contributed by atoms with van der Waals surface area (Å²) in [6.45, 7) is 1.33. The number of halogens is 1. The first-order chi connectivity index (χ1) is 12.8. The molecule has 0 aliphatic rings. The van der Waals surface area contributed by atoms with Crippen molar-refractivity contribution < 1.29 is 4.74 Å². The van der Waals surface area contributed by atoms with E-state index in [1.807, 2.05) is 48.5 Å². The van der Waals surface area contributed by atoms with Crippen molar-refractivity contribution in [2.45, 2.75) is 13.0 Å². The van der Waals surface area contributed by atoms with Gasteiger partial charge in [-0.1, -0.05) is 48.0 Å². The van der Waals surface area contributed by atoms with Gasteiger partial charge in [-0.05, 0) is 35.7 Å². The maximum Gasteiger partial charge on any atom is 0.224 e. The van der Waals surface area contributed by atoms with Crippen molar-refractivity contribution in [3.8, 4) is 5.75 Å². The van der Waals surface area contributed by atoms with E-state index in [1.165, 1.54) is 0 Å². The summed E-state index contributed by atoms with van der Waals surface area (Å²) >= 11 is 6.17. The zero-order valence-corrected chi connectivity index (χ0v) is 15.3. The molecule has 0 amide bonds. The smallest absolute Gasteiger partial charge is 0.224 e. The van der Waals surface area contributed by atoms with Gasteiger partial charge in [0.1, 0.15) is 11.6 Å². The van der Waals surface area contributed by atoms with Crippen LogP contribution in [0.5, 0.6) is 5.75 Å². The number of ether oxygens (including phenoxy) is 1. The van der Waals surface area contributed by atoms with Crippen molar-refractivity contribution in [1.29, 1.82) is 0 Å². The van der Waals surface area contributed by atoms with Gasteiger partial charge in [-0.25, -0.2) is 4.98 Å². The average Bonchev–Trinajstić information content (AvgIpc) is 2.68. The van der Waals surface area contributed by atoms with E-state index in [-0.39, 0.29) is 0 Å². The Kier molecular flexibility index (Phi) is 6.28. The normalized spacial score (nSPS) is 10.4. The number of anilines is 2. The first-order valence-corrected chi connectivity index (χ1v) is 8.80. The Hall–Kier alpha value is -2.79. The Balaban J connectivity index is 1.55. The molecule has 0 aliphatic carbocycles. The van der Waals surface area contributed by atoms with E-state index < -0.39 is 0 Å². The Bertz CT molecular complexity index is 856. The lowest BCUT2D eigenvalue weighted by Crippen LogP contribution is -2.09. The number of aromatic nitrogens is 2. The molecular weight excluding hydrogens is 348 g/mol. The predicted molar refractivity (Wildman–Crippen MR) is 106 cm³/mol. The van der Waals surface area contributed by atoms with Crippen LogP contribution in [-0.4, -0.2) is 23.6 Å². The van der Waals surface area contributed by atoms with Gasteiger partial charge in [0, 0.05) is 24.3 Å². The van der Waals surface area contributed by atoms with Crippen LogP contribution in [0.25, 0.3) is 0 Å². The molecule has 1 heterocycles. The van der Waals surface area contributed by atoms with Crippen LogP contribution in [0.15, 0.2) is 60.8 Å². The molecule has 1 aromatic heterocycles. The van der Waals surface area contributed by atoms with E-state index in [0.717, 1.165) is 40.7 Å². The van der Waals surface area contributed by atoms with Gasteiger partial charge in [-0.15, -0.1) is 0 Å². The Morgan fingerprint density at radius 2 is 1.73 bits per heavy atom. The second-order valence-corrected chi connectivity index (χ2v) is 6.11. The second-order valence-electron chi connectivity index (χ2n) is 5.70. The zero-order valence-electron chi connectivity index (χ0n) is 14.6. The minimum Gasteiger partial charge on any atom is -0.496 e. The van der Waals surface area contributed by atoms with Crippen LogP contribution < -0.4 is 15.4 Å². The lowest BCUT2D eigenvalue weighted by atomic mass is 10.1. The highest BCUT2D eigenvalue weighted by atomic mass is 35.5. The van der Waals surface area contributed by atoms with Crippen molar-refractivity contribution in [3.05, 3.63) is 76.9 Å². The summed E-state index contributed by atoms with van der Waals surface area (Å²) in [5, 5.41) is 7.25. The van der Waals surface area contributed by atoms with E-state index in [9.17, 15) is 0 Å². The van der Waals surface area contributed by atoms with Gasteiger partial charge in [0.05, 0.1) is 7.11 Å². The van der Waals surface area contributed by atoms with E-state index in [0.29, 0.717) is 12.5 Å². The number of para-hydroxylation sites is 1. The largest absolute Gasteiger partial charge is 0.496 e. The third-order valence-corrected chi connectivity index (χ3v) is 4.31. The van der Waals surface area contributed by atoms with Crippen LogP contribution in [0.3, 0.4) is 0 Å². The molecular formula is C20H21ClN4O. The van der Waals surface area contributed by atoms with Gasteiger partial charge in [0.2, 0.25) is 5.95 Å². The quantitative estimate of drug-likeness (QED) is 0.617. The molecule has 134 valence electrons. The lowest BCUT2D eigenvalue weighted by Gasteiger charge is -2.10. The Labute approximate surface area is 158 Å².